The summed E-state index contributed by atoms with van der Waals surface area (Å²) in [5.74, 6) is -1.47. The van der Waals surface area contributed by atoms with Gasteiger partial charge in [0.05, 0.1) is 6.42 Å². The highest BCUT2D eigenvalue weighted by atomic mass is 79.9. The summed E-state index contributed by atoms with van der Waals surface area (Å²) in [5, 5.41) is 8.57. The smallest absolute Gasteiger partial charge is 0.404 e. The van der Waals surface area contributed by atoms with Gasteiger partial charge in [-0.3, -0.25) is 9.69 Å². The number of hydrogen-bond acceptors (Lipinski definition) is 2. The molecular formula is C12H13BrF3NO2. The third-order valence-electron chi connectivity index (χ3n) is 2.62. The first-order valence-corrected chi connectivity index (χ1v) is 6.22. The van der Waals surface area contributed by atoms with E-state index < -0.39 is 24.6 Å². The van der Waals surface area contributed by atoms with Crippen molar-refractivity contribution in [1.82, 2.24) is 4.90 Å². The molecule has 1 aromatic carbocycles. The number of hydrogen-bond donors (Lipinski definition) is 1. The SMILES string of the molecule is CN(Cc1ccc(Br)cc1)C(CC(=O)O)C(F)(F)F. The highest BCUT2D eigenvalue weighted by Crippen LogP contribution is 2.27. The topological polar surface area (TPSA) is 40.5 Å². The summed E-state index contributed by atoms with van der Waals surface area (Å²) in [7, 11) is 1.27. The lowest BCUT2D eigenvalue weighted by atomic mass is 10.1. The van der Waals surface area contributed by atoms with Gasteiger partial charge in [-0.05, 0) is 24.7 Å². The van der Waals surface area contributed by atoms with Crippen molar-refractivity contribution in [2.75, 3.05) is 7.05 Å². The summed E-state index contributed by atoms with van der Waals surface area (Å²) in [6.45, 7) is 0.0325. The number of carboxylic acid groups (broad SMARTS) is 1. The molecule has 0 aliphatic heterocycles. The molecule has 106 valence electrons. The highest BCUT2D eigenvalue weighted by Gasteiger charge is 2.43. The first-order valence-electron chi connectivity index (χ1n) is 5.43. The van der Waals surface area contributed by atoms with Crippen LogP contribution in [0, 0.1) is 0 Å². The number of rotatable bonds is 5. The van der Waals surface area contributed by atoms with E-state index in [0.717, 1.165) is 9.37 Å². The normalized spacial score (nSPS) is 13.6. The third kappa shape index (κ3) is 5.20. The Morgan fingerprint density at radius 2 is 1.89 bits per heavy atom. The van der Waals surface area contributed by atoms with E-state index in [0.29, 0.717) is 5.56 Å². The van der Waals surface area contributed by atoms with Gasteiger partial charge in [-0.1, -0.05) is 28.1 Å². The zero-order chi connectivity index (χ0) is 14.6. The van der Waals surface area contributed by atoms with Crippen LogP contribution < -0.4 is 0 Å². The molecule has 1 unspecified atom stereocenters. The molecule has 0 aromatic heterocycles. The van der Waals surface area contributed by atoms with E-state index in [-0.39, 0.29) is 6.54 Å². The molecule has 0 bridgehead atoms. The molecule has 0 radical (unpaired) electrons. The Hall–Kier alpha value is -1.08. The second kappa shape index (κ2) is 6.38. The Morgan fingerprint density at radius 1 is 1.37 bits per heavy atom. The Balaban J connectivity index is 2.79. The lowest BCUT2D eigenvalue weighted by Crippen LogP contribution is -2.44. The summed E-state index contributed by atoms with van der Waals surface area (Å²) in [5.41, 5.74) is 0.685. The van der Waals surface area contributed by atoms with Crippen LogP contribution in [0.15, 0.2) is 28.7 Å². The van der Waals surface area contributed by atoms with Gasteiger partial charge in [0.15, 0.2) is 0 Å². The Morgan fingerprint density at radius 3 is 2.32 bits per heavy atom. The summed E-state index contributed by atoms with van der Waals surface area (Å²) in [6, 6.07) is 4.84. The Bertz CT molecular complexity index is 434. The predicted molar refractivity (Wildman–Crippen MR) is 67.7 cm³/mol. The average molecular weight is 340 g/mol. The van der Waals surface area contributed by atoms with Gasteiger partial charge in [0.2, 0.25) is 0 Å². The highest BCUT2D eigenvalue weighted by molar-refractivity contribution is 9.10. The second-order valence-electron chi connectivity index (χ2n) is 4.20. The Labute approximate surface area is 117 Å². The zero-order valence-electron chi connectivity index (χ0n) is 10.1. The molecule has 0 spiro atoms. The van der Waals surface area contributed by atoms with Gasteiger partial charge >= 0.3 is 12.1 Å². The summed E-state index contributed by atoms with van der Waals surface area (Å²) in [6.07, 6.45) is -5.53. The van der Waals surface area contributed by atoms with E-state index in [1.807, 2.05) is 0 Å². The second-order valence-corrected chi connectivity index (χ2v) is 5.11. The van der Waals surface area contributed by atoms with E-state index in [9.17, 15) is 18.0 Å². The van der Waals surface area contributed by atoms with Crippen LogP contribution in [0.2, 0.25) is 0 Å². The number of carboxylic acids is 1. The van der Waals surface area contributed by atoms with Gasteiger partial charge < -0.3 is 5.11 Å². The molecule has 0 saturated carbocycles. The average Bonchev–Trinajstić information content (AvgIpc) is 2.27. The standard InChI is InChI=1S/C12H13BrF3NO2/c1-17(7-8-2-4-9(13)5-3-8)10(6-11(18)19)12(14,15)16/h2-5,10H,6-7H2,1H3,(H,18,19). The molecule has 1 atom stereocenters. The van der Waals surface area contributed by atoms with Crippen LogP contribution in [0.4, 0.5) is 13.2 Å². The number of nitrogens with zero attached hydrogens (tertiary/aromatic N) is 1. The fourth-order valence-electron chi connectivity index (χ4n) is 1.67. The van der Waals surface area contributed by atoms with Crippen LogP contribution in [-0.4, -0.2) is 35.2 Å². The fraction of sp³-hybridized carbons (Fsp3) is 0.417. The first-order chi connectivity index (χ1) is 8.70. The van der Waals surface area contributed by atoms with Gasteiger partial charge in [-0.2, -0.15) is 13.2 Å². The van der Waals surface area contributed by atoms with E-state index in [2.05, 4.69) is 15.9 Å². The van der Waals surface area contributed by atoms with Crippen molar-refractivity contribution in [1.29, 1.82) is 0 Å². The van der Waals surface area contributed by atoms with E-state index in [1.54, 1.807) is 24.3 Å². The van der Waals surface area contributed by atoms with Gasteiger partial charge in [0, 0.05) is 11.0 Å². The van der Waals surface area contributed by atoms with Crippen molar-refractivity contribution >= 4 is 21.9 Å². The molecule has 7 heteroatoms. The van der Waals surface area contributed by atoms with Crippen LogP contribution in [0.25, 0.3) is 0 Å². The van der Waals surface area contributed by atoms with Crippen LogP contribution in [0.5, 0.6) is 0 Å². The van der Waals surface area contributed by atoms with Gasteiger partial charge in [-0.25, -0.2) is 0 Å². The maximum Gasteiger partial charge on any atom is 0.404 e. The molecule has 1 rings (SSSR count). The molecule has 0 amide bonds. The largest absolute Gasteiger partial charge is 0.481 e. The van der Waals surface area contributed by atoms with E-state index >= 15 is 0 Å². The van der Waals surface area contributed by atoms with Crippen molar-refractivity contribution in [3.05, 3.63) is 34.3 Å². The van der Waals surface area contributed by atoms with Crippen molar-refractivity contribution in [3.8, 4) is 0 Å². The van der Waals surface area contributed by atoms with E-state index in [1.165, 1.54) is 7.05 Å². The predicted octanol–water partition coefficient (Wildman–Crippen LogP) is 3.29. The molecule has 1 N–H and O–H groups in total. The summed E-state index contributed by atoms with van der Waals surface area (Å²) in [4.78, 5) is 11.5. The molecule has 19 heavy (non-hydrogen) atoms. The monoisotopic (exact) mass is 339 g/mol. The molecule has 1 aromatic rings. The number of aliphatic carboxylic acids is 1. The van der Waals surface area contributed by atoms with Gasteiger partial charge in [0.25, 0.3) is 0 Å². The molecule has 0 aliphatic rings. The minimum atomic E-state index is -4.57. The minimum absolute atomic E-state index is 0.0325. The Kier molecular flexibility index (Phi) is 5.37. The van der Waals surface area contributed by atoms with Crippen molar-refractivity contribution in [2.45, 2.75) is 25.2 Å². The molecule has 0 heterocycles. The number of alkyl halides is 3. The van der Waals surface area contributed by atoms with Crippen LogP contribution in [-0.2, 0) is 11.3 Å². The quantitative estimate of drug-likeness (QED) is 0.894. The maximum atomic E-state index is 12.8. The van der Waals surface area contributed by atoms with Crippen LogP contribution in [0.3, 0.4) is 0 Å². The van der Waals surface area contributed by atoms with Gasteiger partial charge in [-0.15, -0.1) is 0 Å². The maximum absolute atomic E-state index is 12.8. The van der Waals surface area contributed by atoms with Gasteiger partial charge in [0.1, 0.15) is 6.04 Å². The third-order valence-corrected chi connectivity index (χ3v) is 3.15. The molecule has 0 aliphatic carbocycles. The van der Waals surface area contributed by atoms with Crippen LogP contribution >= 0.6 is 15.9 Å². The fourth-order valence-corrected chi connectivity index (χ4v) is 1.94. The van der Waals surface area contributed by atoms with E-state index in [4.69, 9.17) is 5.11 Å². The molecule has 0 saturated heterocycles. The number of halogens is 4. The van der Waals surface area contributed by atoms with Crippen LogP contribution in [0.1, 0.15) is 12.0 Å². The van der Waals surface area contributed by atoms with Crippen molar-refractivity contribution < 1.29 is 23.1 Å². The minimum Gasteiger partial charge on any atom is -0.481 e. The first kappa shape index (κ1) is 16.0. The lowest BCUT2D eigenvalue weighted by Gasteiger charge is -2.28. The molecule has 3 nitrogen and oxygen atoms in total. The summed E-state index contributed by atoms with van der Waals surface area (Å²) >= 11 is 3.23. The van der Waals surface area contributed by atoms with Crippen molar-refractivity contribution in [3.63, 3.8) is 0 Å². The molecular weight excluding hydrogens is 327 g/mol. The lowest BCUT2D eigenvalue weighted by molar-refractivity contribution is -0.188. The number of carbonyl (C=O) groups is 1. The van der Waals surface area contributed by atoms with Crippen molar-refractivity contribution in [2.24, 2.45) is 0 Å². The zero-order valence-corrected chi connectivity index (χ0v) is 11.7. The number of benzene rings is 1. The molecule has 0 fully saturated rings. The summed E-state index contributed by atoms with van der Waals surface area (Å²) < 4.78 is 39.2.